The number of hydrogen-bond acceptors (Lipinski definition) is 3. The highest BCUT2D eigenvalue weighted by Gasteiger charge is 2.08. The topological polar surface area (TPSA) is 62.4 Å². The molecule has 5 nitrogen and oxygen atoms in total. The molecule has 0 aromatic heterocycles. The van der Waals surface area contributed by atoms with Gasteiger partial charge in [0.2, 0.25) is 5.91 Å². The van der Waals surface area contributed by atoms with E-state index in [2.05, 4.69) is 16.2 Å². The highest BCUT2D eigenvalue weighted by molar-refractivity contribution is 7.80. The molecule has 0 fully saturated rings. The summed E-state index contributed by atoms with van der Waals surface area (Å²) in [5.41, 5.74) is 6.74. The average Bonchev–Trinajstić information content (AvgIpc) is 2.62. The molecule has 0 saturated heterocycles. The van der Waals surface area contributed by atoms with Gasteiger partial charge in [-0.3, -0.25) is 15.6 Å². The Morgan fingerprint density at radius 2 is 1.85 bits per heavy atom. The van der Waals surface area contributed by atoms with Gasteiger partial charge in [-0.15, -0.1) is 0 Å². The van der Waals surface area contributed by atoms with Crippen LogP contribution in [0.3, 0.4) is 0 Å². The molecule has 26 heavy (non-hydrogen) atoms. The number of amides is 1. The zero-order chi connectivity index (χ0) is 18.9. The summed E-state index contributed by atoms with van der Waals surface area (Å²) < 4.78 is 18.4. The van der Waals surface area contributed by atoms with Crippen LogP contribution in [0, 0.1) is 5.82 Å². The summed E-state index contributed by atoms with van der Waals surface area (Å²) in [7, 11) is 1.38. The summed E-state index contributed by atoms with van der Waals surface area (Å²) in [6.45, 7) is 0.604. The largest absolute Gasteiger partial charge is 0.494 e. The van der Waals surface area contributed by atoms with Crippen molar-refractivity contribution in [2.45, 2.75) is 12.8 Å². The van der Waals surface area contributed by atoms with E-state index in [0.29, 0.717) is 22.2 Å². The molecule has 0 aliphatic heterocycles. The fourth-order valence-electron chi connectivity index (χ4n) is 2.19. The number of carbonyl (C=O) groups excluding carboxylic acids is 1. The number of rotatable bonds is 6. The minimum atomic E-state index is -0.509. The van der Waals surface area contributed by atoms with E-state index in [1.807, 2.05) is 24.3 Å². The third-order valence-electron chi connectivity index (χ3n) is 3.51. The lowest BCUT2D eigenvalue weighted by Crippen LogP contribution is -2.47. The van der Waals surface area contributed by atoms with Crippen molar-refractivity contribution in [2.24, 2.45) is 0 Å². The van der Waals surface area contributed by atoms with Crippen LogP contribution in [-0.2, 0) is 17.6 Å². The first-order chi connectivity index (χ1) is 12.5. The Morgan fingerprint density at radius 3 is 2.50 bits per heavy atom. The molecule has 0 unspecified atom stereocenters. The van der Waals surface area contributed by atoms with Gasteiger partial charge in [-0.2, -0.15) is 0 Å². The zero-order valence-electron chi connectivity index (χ0n) is 14.1. The molecule has 0 spiro atoms. The first-order valence-corrected chi connectivity index (χ1v) is 8.66. The molecular weight excluding hydrogens is 377 g/mol. The summed E-state index contributed by atoms with van der Waals surface area (Å²) in [6.07, 6.45) is 0.777. The first-order valence-electron chi connectivity index (χ1n) is 7.87. The number of benzene rings is 2. The number of ether oxygens (including phenoxy) is 1. The molecular formula is C18H19ClFN3O2S. The number of nitrogens with one attached hydrogen (secondary N) is 3. The maximum Gasteiger partial charge on any atom is 0.242 e. The van der Waals surface area contributed by atoms with E-state index < -0.39 is 5.82 Å². The van der Waals surface area contributed by atoms with E-state index >= 15 is 0 Å². The Kier molecular flexibility index (Phi) is 7.62. The molecule has 0 atom stereocenters. The van der Waals surface area contributed by atoms with Gasteiger partial charge in [0.05, 0.1) is 13.5 Å². The lowest BCUT2D eigenvalue weighted by atomic mass is 10.1. The lowest BCUT2D eigenvalue weighted by Gasteiger charge is -2.12. The van der Waals surface area contributed by atoms with Gasteiger partial charge >= 0.3 is 0 Å². The standard InChI is InChI=1S/C18H19ClFN3O2S/c1-25-16-7-4-13(10-15(16)20)11-17(24)22-23-18(26)21-9-8-12-2-5-14(19)6-3-12/h2-7,10H,8-9,11H2,1H3,(H,22,24)(H2,21,23,26). The normalized spacial score (nSPS) is 10.1. The number of hydrazine groups is 1. The van der Waals surface area contributed by atoms with Crippen LogP contribution in [0.1, 0.15) is 11.1 Å². The summed E-state index contributed by atoms with van der Waals surface area (Å²) in [4.78, 5) is 11.9. The predicted molar refractivity (Wildman–Crippen MR) is 104 cm³/mol. The third kappa shape index (κ3) is 6.50. The summed E-state index contributed by atoms with van der Waals surface area (Å²) in [6, 6.07) is 11.9. The maximum atomic E-state index is 13.6. The second-order valence-electron chi connectivity index (χ2n) is 5.45. The Morgan fingerprint density at radius 1 is 1.15 bits per heavy atom. The van der Waals surface area contributed by atoms with E-state index in [4.69, 9.17) is 28.6 Å². The number of halogens is 2. The molecule has 2 rings (SSSR count). The summed E-state index contributed by atoms with van der Waals surface area (Å²) in [5, 5.41) is 3.98. The van der Waals surface area contributed by atoms with Gasteiger partial charge in [0.1, 0.15) is 0 Å². The van der Waals surface area contributed by atoms with Crippen molar-refractivity contribution >= 4 is 34.8 Å². The van der Waals surface area contributed by atoms with Crippen LogP contribution in [-0.4, -0.2) is 24.7 Å². The van der Waals surface area contributed by atoms with Gasteiger partial charge in [-0.1, -0.05) is 29.8 Å². The molecule has 0 heterocycles. The van der Waals surface area contributed by atoms with Crippen molar-refractivity contribution in [3.8, 4) is 5.75 Å². The second-order valence-corrected chi connectivity index (χ2v) is 6.30. The van der Waals surface area contributed by atoms with Crippen LogP contribution in [0.4, 0.5) is 4.39 Å². The van der Waals surface area contributed by atoms with E-state index in [-0.39, 0.29) is 18.1 Å². The quantitative estimate of drug-likeness (QED) is 0.518. The molecule has 138 valence electrons. The van der Waals surface area contributed by atoms with E-state index in [1.54, 1.807) is 6.07 Å². The minimum Gasteiger partial charge on any atom is -0.494 e. The monoisotopic (exact) mass is 395 g/mol. The fraction of sp³-hybridized carbons (Fsp3) is 0.222. The van der Waals surface area contributed by atoms with Crippen molar-refractivity contribution in [3.05, 3.63) is 64.4 Å². The fourth-order valence-corrected chi connectivity index (χ4v) is 2.47. The number of hydrogen-bond donors (Lipinski definition) is 3. The van der Waals surface area contributed by atoms with Crippen LogP contribution in [0.5, 0.6) is 5.75 Å². The molecule has 0 radical (unpaired) electrons. The van der Waals surface area contributed by atoms with Crippen LogP contribution >= 0.6 is 23.8 Å². The molecule has 1 amide bonds. The van der Waals surface area contributed by atoms with E-state index in [1.165, 1.54) is 19.2 Å². The maximum absolute atomic E-state index is 13.6. The second kappa shape index (κ2) is 9.94. The lowest BCUT2D eigenvalue weighted by molar-refractivity contribution is -0.121. The van der Waals surface area contributed by atoms with Crippen LogP contribution in [0.2, 0.25) is 5.02 Å². The Balaban J connectivity index is 1.68. The predicted octanol–water partition coefficient (Wildman–Crippen LogP) is 2.77. The molecule has 3 N–H and O–H groups in total. The molecule has 0 saturated carbocycles. The number of thiocarbonyl (C=S) groups is 1. The van der Waals surface area contributed by atoms with Crippen LogP contribution in [0.15, 0.2) is 42.5 Å². The highest BCUT2D eigenvalue weighted by Crippen LogP contribution is 2.17. The van der Waals surface area contributed by atoms with Crippen molar-refractivity contribution in [1.82, 2.24) is 16.2 Å². The van der Waals surface area contributed by atoms with Crippen molar-refractivity contribution in [2.75, 3.05) is 13.7 Å². The zero-order valence-corrected chi connectivity index (χ0v) is 15.7. The number of methoxy groups -OCH3 is 1. The molecule has 8 heteroatoms. The molecule has 2 aromatic rings. The molecule has 0 aliphatic carbocycles. The molecule has 0 aliphatic rings. The van der Waals surface area contributed by atoms with Gasteiger partial charge in [-0.05, 0) is 54.0 Å². The van der Waals surface area contributed by atoms with Gasteiger partial charge in [0, 0.05) is 11.6 Å². The minimum absolute atomic E-state index is 0.0152. The van der Waals surface area contributed by atoms with Crippen LogP contribution < -0.4 is 20.9 Å². The van der Waals surface area contributed by atoms with Crippen LogP contribution in [0.25, 0.3) is 0 Å². The van der Waals surface area contributed by atoms with Crippen molar-refractivity contribution < 1.29 is 13.9 Å². The average molecular weight is 396 g/mol. The van der Waals surface area contributed by atoms with Gasteiger partial charge in [0.15, 0.2) is 16.7 Å². The van der Waals surface area contributed by atoms with Gasteiger partial charge in [-0.25, -0.2) is 4.39 Å². The SMILES string of the molecule is COc1ccc(CC(=O)NNC(=S)NCCc2ccc(Cl)cc2)cc1F. The smallest absolute Gasteiger partial charge is 0.242 e. The third-order valence-corrected chi connectivity index (χ3v) is 4.01. The van der Waals surface area contributed by atoms with Crippen molar-refractivity contribution in [3.63, 3.8) is 0 Å². The van der Waals surface area contributed by atoms with Gasteiger partial charge in [0.25, 0.3) is 0 Å². The number of carbonyl (C=O) groups is 1. The Labute approximate surface area is 161 Å². The van der Waals surface area contributed by atoms with E-state index in [0.717, 1.165) is 12.0 Å². The Hall–Kier alpha value is -2.38. The Bertz CT molecular complexity index is 772. The molecule has 0 bridgehead atoms. The first kappa shape index (κ1) is 19.9. The van der Waals surface area contributed by atoms with Gasteiger partial charge < -0.3 is 10.1 Å². The highest BCUT2D eigenvalue weighted by atomic mass is 35.5. The van der Waals surface area contributed by atoms with Crippen molar-refractivity contribution in [1.29, 1.82) is 0 Å². The summed E-state index contributed by atoms with van der Waals surface area (Å²) >= 11 is 10.9. The summed E-state index contributed by atoms with van der Waals surface area (Å²) in [5.74, 6) is -0.708. The van der Waals surface area contributed by atoms with E-state index in [9.17, 15) is 9.18 Å². The molecule has 2 aromatic carbocycles.